The van der Waals surface area contributed by atoms with Crippen molar-refractivity contribution >= 4 is 59.9 Å². The SMILES string of the molecule is O=c1[nH]cnc2c(Sc3cc(F)ccc3OCP(=O)(O)O)c[nH]c12.[NaH]. The number of aromatic nitrogens is 3. The number of aromatic amines is 2. The Hall–Kier alpha value is -1.13. The monoisotopic (exact) mass is 395 g/mol. The van der Waals surface area contributed by atoms with Gasteiger partial charge in [0.05, 0.1) is 16.1 Å². The summed E-state index contributed by atoms with van der Waals surface area (Å²) in [5, 5.41) is 0. The van der Waals surface area contributed by atoms with E-state index in [1.165, 1.54) is 24.7 Å². The Balaban J connectivity index is 0.00000225. The van der Waals surface area contributed by atoms with Crippen LogP contribution in [0.5, 0.6) is 5.75 Å². The number of rotatable bonds is 5. The first-order valence-electron chi connectivity index (χ1n) is 6.53. The van der Waals surface area contributed by atoms with E-state index in [-0.39, 0.29) is 46.4 Å². The van der Waals surface area contributed by atoms with Gasteiger partial charge in [0.15, 0.2) is 6.35 Å². The summed E-state index contributed by atoms with van der Waals surface area (Å²) in [4.78, 5) is 39.6. The molecule has 0 spiro atoms. The Bertz CT molecular complexity index is 1000. The first-order chi connectivity index (χ1) is 11.3. The second-order valence-electron chi connectivity index (χ2n) is 4.74. The fourth-order valence-corrected chi connectivity index (χ4v) is 3.27. The van der Waals surface area contributed by atoms with E-state index in [1.54, 1.807) is 0 Å². The molecule has 0 fully saturated rings. The standard InChI is InChI=1S/C13H11FN3O5PS.Na.H/c14-7-1-2-8(22-6-23(19,20)21)9(3-7)24-10-4-15-12-11(10)16-5-17-13(12)18;;/h1-5,15H,6H2,(H,16,17,18)(H2,19,20,21);;. The van der Waals surface area contributed by atoms with Gasteiger partial charge in [-0.2, -0.15) is 0 Å². The van der Waals surface area contributed by atoms with Crippen LogP contribution in [0.2, 0.25) is 0 Å². The summed E-state index contributed by atoms with van der Waals surface area (Å²) >= 11 is 1.06. The summed E-state index contributed by atoms with van der Waals surface area (Å²) in [6.45, 7) is 0. The Morgan fingerprint density at radius 2 is 2.04 bits per heavy atom. The van der Waals surface area contributed by atoms with Crippen molar-refractivity contribution in [1.29, 1.82) is 0 Å². The summed E-state index contributed by atoms with van der Waals surface area (Å²) in [6, 6.07) is 3.57. The zero-order valence-corrected chi connectivity index (χ0v) is 13.6. The molecule has 128 valence electrons. The number of hydrogen-bond acceptors (Lipinski definition) is 5. The Kier molecular flexibility index (Phi) is 6.50. The van der Waals surface area contributed by atoms with E-state index in [1.807, 2.05) is 0 Å². The molecule has 0 atom stereocenters. The van der Waals surface area contributed by atoms with E-state index in [2.05, 4.69) is 15.0 Å². The van der Waals surface area contributed by atoms with Crippen LogP contribution in [0.1, 0.15) is 0 Å². The van der Waals surface area contributed by atoms with Crippen LogP contribution in [0.15, 0.2) is 45.3 Å². The molecular formula is C13H12FN3NaO5PS. The van der Waals surface area contributed by atoms with E-state index in [0.29, 0.717) is 15.3 Å². The Morgan fingerprint density at radius 1 is 1.28 bits per heavy atom. The number of H-pyrrole nitrogens is 2. The minimum atomic E-state index is -4.37. The third kappa shape index (κ3) is 4.95. The zero-order valence-electron chi connectivity index (χ0n) is 11.9. The van der Waals surface area contributed by atoms with Crippen LogP contribution in [0.3, 0.4) is 0 Å². The summed E-state index contributed by atoms with van der Waals surface area (Å²) < 4.78 is 29.6. The molecule has 12 heteroatoms. The van der Waals surface area contributed by atoms with Gasteiger partial charge in [-0.3, -0.25) is 9.36 Å². The van der Waals surface area contributed by atoms with Crippen LogP contribution >= 0.6 is 19.4 Å². The number of hydrogen-bond donors (Lipinski definition) is 4. The second kappa shape index (κ2) is 8.05. The van der Waals surface area contributed by atoms with Crippen LogP contribution in [-0.4, -0.2) is 60.6 Å². The van der Waals surface area contributed by atoms with Gasteiger partial charge in [0.1, 0.15) is 22.6 Å². The number of fused-ring (bicyclic) bond motifs is 1. The summed E-state index contributed by atoms with van der Waals surface area (Å²) in [5.41, 5.74) is 0.326. The van der Waals surface area contributed by atoms with Crippen molar-refractivity contribution in [2.45, 2.75) is 9.79 Å². The molecule has 2 aromatic heterocycles. The molecule has 1 aromatic carbocycles. The fraction of sp³-hybridized carbons (Fsp3) is 0.0769. The number of nitrogens with zero attached hydrogens (tertiary/aromatic N) is 1. The summed E-state index contributed by atoms with van der Waals surface area (Å²) in [5.74, 6) is -0.421. The van der Waals surface area contributed by atoms with Crippen LogP contribution < -0.4 is 10.3 Å². The van der Waals surface area contributed by atoms with Crippen molar-refractivity contribution in [1.82, 2.24) is 15.0 Å². The molecule has 0 aliphatic carbocycles. The normalized spacial score (nSPS) is 11.3. The first-order valence-corrected chi connectivity index (χ1v) is 9.14. The molecule has 0 saturated carbocycles. The van der Waals surface area contributed by atoms with E-state index in [4.69, 9.17) is 14.5 Å². The number of halogens is 1. The zero-order chi connectivity index (χ0) is 17.3. The average Bonchev–Trinajstić information content (AvgIpc) is 2.90. The predicted octanol–water partition coefficient (Wildman–Crippen LogP) is 1.41. The molecule has 0 aliphatic rings. The quantitative estimate of drug-likeness (QED) is 0.380. The van der Waals surface area contributed by atoms with Gasteiger partial charge in [-0.1, -0.05) is 11.8 Å². The van der Waals surface area contributed by atoms with Crippen LogP contribution in [-0.2, 0) is 4.57 Å². The van der Waals surface area contributed by atoms with Gasteiger partial charge < -0.3 is 24.5 Å². The van der Waals surface area contributed by atoms with Crippen molar-refractivity contribution in [3.8, 4) is 5.75 Å². The van der Waals surface area contributed by atoms with E-state index >= 15 is 0 Å². The molecule has 3 rings (SSSR count). The second-order valence-corrected chi connectivity index (χ2v) is 7.41. The van der Waals surface area contributed by atoms with E-state index in [0.717, 1.165) is 17.8 Å². The van der Waals surface area contributed by atoms with Crippen LogP contribution in [0.25, 0.3) is 11.0 Å². The molecule has 0 aliphatic heterocycles. The van der Waals surface area contributed by atoms with Gasteiger partial charge in [0.2, 0.25) is 0 Å². The molecule has 4 N–H and O–H groups in total. The average molecular weight is 395 g/mol. The number of benzene rings is 1. The van der Waals surface area contributed by atoms with E-state index < -0.39 is 19.8 Å². The van der Waals surface area contributed by atoms with Gasteiger partial charge in [0, 0.05) is 6.20 Å². The molecule has 0 saturated heterocycles. The fourth-order valence-electron chi connectivity index (χ4n) is 1.96. The molecule has 0 radical (unpaired) electrons. The van der Waals surface area contributed by atoms with Crippen molar-refractivity contribution in [2.75, 3.05) is 6.35 Å². The molecule has 25 heavy (non-hydrogen) atoms. The minimum absolute atomic E-state index is 0. The van der Waals surface area contributed by atoms with Gasteiger partial charge in [-0.25, -0.2) is 9.37 Å². The molecule has 3 aromatic rings. The first kappa shape index (κ1) is 20.2. The maximum atomic E-state index is 13.5. The predicted molar refractivity (Wildman–Crippen MR) is 91.9 cm³/mol. The third-order valence-corrected chi connectivity index (χ3v) is 4.48. The van der Waals surface area contributed by atoms with Crippen molar-refractivity contribution < 1.29 is 23.5 Å². The maximum absolute atomic E-state index is 13.5. The van der Waals surface area contributed by atoms with E-state index in [9.17, 15) is 13.8 Å². The van der Waals surface area contributed by atoms with Gasteiger partial charge in [0.25, 0.3) is 5.56 Å². The number of ether oxygens (including phenoxy) is 1. The van der Waals surface area contributed by atoms with Gasteiger partial charge >= 0.3 is 37.2 Å². The molecular weight excluding hydrogens is 383 g/mol. The number of nitrogens with one attached hydrogen (secondary N) is 2. The van der Waals surface area contributed by atoms with Crippen LogP contribution in [0.4, 0.5) is 4.39 Å². The molecule has 0 unspecified atom stereocenters. The van der Waals surface area contributed by atoms with Crippen LogP contribution in [0, 0.1) is 5.82 Å². The Labute approximate surface area is 166 Å². The van der Waals surface area contributed by atoms with Crippen molar-refractivity contribution in [3.63, 3.8) is 0 Å². The van der Waals surface area contributed by atoms with Crippen molar-refractivity contribution in [2.24, 2.45) is 0 Å². The third-order valence-electron chi connectivity index (χ3n) is 2.95. The Morgan fingerprint density at radius 3 is 2.76 bits per heavy atom. The molecule has 0 bridgehead atoms. The molecule has 0 amide bonds. The topological polar surface area (TPSA) is 128 Å². The molecule has 8 nitrogen and oxygen atoms in total. The van der Waals surface area contributed by atoms with Gasteiger partial charge in [-0.05, 0) is 18.2 Å². The summed E-state index contributed by atoms with van der Waals surface area (Å²) in [7, 11) is -4.37. The summed E-state index contributed by atoms with van der Waals surface area (Å²) in [6.07, 6.45) is 1.96. The molecule has 2 heterocycles. The van der Waals surface area contributed by atoms with Gasteiger partial charge in [-0.15, -0.1) is 0 Å². The van der Waals surface area contributed by atoms with Crippen molar-refractivity contribution in [3.05, 3.63) is 46.9 Å².